The van der Waals surface area contributed by atoms with Crippen LogP contribution in [0, 0.1) is 12.8 Å². The Morgan fingerprint density at radius 1 is 1.04 bits per heavy atom. The number of para-hydroxylation sites is 2. The monoisotopic (exact) mass is 605 g/mol. The first-order valence-electron chi connectivity index (χ1n) is 15.1. The number of ether oxygens (including phenoxy) is 2. The highest BCUT2D eigenvalue weighted by molar-refractivity contribution is 6.17. The van der Waals surface area contributed by atoms with Crippen LogP contribution in [-0.2, 0) is 11.3 Å². The van der Waals surface area contributed by atoms with Crippen molar-refractivity contribution in [3.05, 3.63) is 100.0 Å². The van der Waals surface area contributed by atoms with Crippen LogP contribution in [-0.4, -0.2) is 83.1 Å². The molecule has 11 nitrogen and oxygen atoms in total. The number of hydrogen-bond donors (Lipinski definition) is 2. The van der Waals surface area contributed by atoms with Crippen LogP contribution in [0.4, 0.5) is 0 Å². The van der Waals surface area contributed by atoms with Gasteiger partial charge < -0.3 is 20.3 Å². The maximum Gasteiger partial charge on any atom is 0.263 e. The van der Waals surface area contributed by atoms with Crippen molar-refractivity contribution >= 4 is 28.7 Å². The molecule has 3 aromatic carbocycles. The molecule has 0 saturated carbocycles. The molecule has 2 unspecified atom stereocenters. The maximum absolute atomic E-state index is 14.4. The Morgan fingerprint density at radius 2 is 1.87 bits per heavy atom. The van der Waals surface area contributed by atoms with Gasteiger partial charge in [0.05, 0.1) is 36.5 Å². The summed E-state index contributed by atoms with van der Waals surface area (Å²) in [6.07, 6.45) is 0.996. The molecule has 1 fully saturated rings. The third kappa shape index (κ3) is 5.56. The van der Waals surface area contributed by atoms with Gasteiger partial charge in [0.2, 0.25) is 0 Å². The number of hydrazone groups is 1. The van der Waals surface area contributed by atoms with E-state index in [-0.39, 0.29) is 17.9 Å². The van der Waals surface area contributed by atoms with Crippen molar-refractivity contribution in [3.8, 4) is 17.2 Å². The quantitative estimate of drug-likeness (QED) is 0.315. The van der Waals surface area contributed by atoms with Crippen molar-refractivity contribution in [1.29, 1.82) is 0 Å². The SMILES string of the molecule is Cc1cccc2cc(CN3N=C(c4cccc(O)c4)C4C(N)=NC=NC43)n(-c3ccccc3OCCN3CCOCC3)c(=O)c12. The van der Waals surface area contributed by atoms with Gasteiger partial charge in [0.1, 0.15) is 36.2 Å². The summed E-state index contributed by atoms with van der Waals surface area (Å²) in [4.78, 5) is 25.6. The van der Waals surface area contributed by atoms with Crippen LogP contribution < -0.4 is 16.0 Å². The molecule has 3 N–H and O–H groups in total. The number of hydrogen-bond acceptors (Lipinski definition) is 10. The third-order valence-electron chi connectivity index (χ3n) is 8.55. The van der Waals surface area contributed by atoms with E-state index in [4.69, 9.17) is 20.3 Å². The molecule has 7 rings (SSSR count). The molecule has 3 aliphatic heterocycles. The van der Waals surface area contributed by atoms with Crippen LogP contribution in [0.15, 0.2) is 92.7 Å². The Kier molecular flexibility index (Phi) is 7.78. The molecule has 3 aliphatic rings. The van der Waals surface area contributed by atoms with Crippen LogP contribution in [0.5, 0.6) is 11.5 Å². The van der Waals surface area contributed by atoms with Gasteiger partial charge in [-0.2, -0.15) is 5.10 Å². The van der Waals surface area contributed by atoms with E-state index in [9.17, 15) is 9.90 Å². The zero-order chi connectivity index (χ0) is 30.9. The highest BCUT2D eigenvalue weighted by Gasteiger charge is 2.42. The van der Waals surface area contributed by atoms with Gasteiger partial charge in [-0.1, -0.05) is 42.5 Å². The third-order valence-corrected chi connectivity index (χ3v) is 8.55. The standard InChI is InChI=1S/C34H35N7O4/c1-22-6-4-7-23-18-25(20-40-33-30(32(35)36-21-37-33)31(38-40)24-8-5-9-26(42)19-24)41(34(43)29(22)23)27-10-2-3-11-28(27)45-17-14-39-12-15-44-16-13-39/h2-11,18-19,21,30,33,42H,12-17,20H2,1H3,(H2,35,36,37). The first-order chi connectivity index (χ1) is 22.0. The number of rotatable bonds is 8. The van der Waals surface area contributed by atoms with E-state index >= 15 is 0 Å². The molecule has 230 valence electrons. The zero-order valence-electron chi connectivity index (χ0n) is 25.0. The van der Waals surface area contributed by atoms with Gasteiger partial charge in [0.15, 0.2) is 6.17 Å². The van der Waals surface area contributed by atoms with E-state index in [1.165, 1.54) is 6.34 Å². The molecule has 0 radical (unpaired) electrons. The fourth-order valence-electron chi connectivity index (χ4n) is 6.32. The molecule has 45 heavy (non-hydrogen) atoms. The van der Waals surface area contributed by atoms with E-state index in [1.807, 2.05) is 66.5 Å². The van der Waals surface area contributed by atoms with E-state index in [0.717, 1.165) is 55.1 Å². The van der Waals surface area contributed by atoms with Gasteiger partial charge in [-0.05, 0) is 48.2 Å². The summed E-state index contributed by atoms with van der Waals surface area (Å²) in [6, 6.07) is 22.5. The second-order valence-electron chi connectivity index (χ2n) is 11.4. The molecule has 0 aliphatic carbocycles. The summed E-state index contributed by atoms with van der Waals surface area (Å²) in [6.45, 7) is 6.65. The number of aryl methyl sites for hydroxylation is 1. The average Bonchev–Trinajstić information content (AvgIpc) is 3.41. The number of benzene rings is 3. The number of morpholine rings is 1. The fourth-order valence-corrected chi connectivity index (χ4v) is 6.32. The van der Waals surface area contributed by atoms with Gasteiger partial charge in [-0.15, -0.1) is 0 Å². The first-order valence-corrected chi connectivity index (χ1v) is 15.1. The lowest BCUT2D eigenvalue weighted by Gasteiger charge is -2.28. The van der Waals surface area contributed by atoms with E-state index in [2.05, 4.69) is 14.9 Å². The average molecular weight is 606 g/mol. The topological polar surface area (TPSA) is 130 Å². The maximum atomic E-state index is 14.4. The van der Waals surface area contributed by atoms with Gasteiger partial charge in [0, 0.05) is 30.9 Å². The molecule has 1 aromatic heterocycles. The van der Waals surface area contributed by atoms with Gasteiger partial charge in [0.25, 0.3) is 5.56 Å². The minimum atomic E-state index is -0.461. The number of aromatic nitrogens is 1. The van der Waals surface area contributed by atoms with Gasteiger partial charge in [-0.3, -0.25) is 19.3 Å². The van der Waals surface area contributed by atoms with Crippen LogP contribution in [0.25, 0.3) is 16.5 Å². The second-order valence-corrected chi connectivity index (χ2v) is 11.4. The lowest BCUT2D eigenvalue weighted by molar-refractivity contribution is 0.0322. The highest BCUT2D eigenvalue weighted by atomic mass is 16.5. The first kappa shape index (κ1) is 28.8. The van der Waals surface area contributed by atoms with Crippen LogP contribution in [0.3, 0.4) is 0 Å². The summed E-state index contributed by atoms with van der Waals surface area (Å²) in [5.41, 5.74) is 9.94. The van der Waals surface area contributed by atoms with Crippen molar-refractivity contribution in [1.82, 2.24) is 14.5 Å². The molecule has 11 heteroatoms. The number of pyridine rings is 1. The molecule has 0 amide bonds. The van der Waals surface area contributed by atoms with Gasteiger partial charge in [-0.25, -0.2) is 9.98 Å². The number of nitrogens with zero attached hydrogens (tertiary/aromatic N) is 6. The summed E-state index contributed by atoms with van der Waals surface area (Å²) < 4.78 is 13.6. The predicted octanol–water partition coefficient (Wildman–Crippen LogP) is 3.28. The zero-order valence-corrected chi connectivity index (χ0v) is 25.0. The van der Waals surface area contributed by atoms with Crippen LogP contribution in [0.1, 0.15) is 16.8 Å². The molecule has 1 saturated heterocycles. The highest BCUT2D eigenvalue weighted by Crippen LogP contribution is 2.33. The molecule has 4 aromatic rings. The number of fused-ring (bicyclic) bond motifs is 2. The minimum absolute atomic E-state index is 0.129. The number of amidine groups is 1. The Morgan fingerprint density at radius 3 is 2.71 bits per heavy atom. The Bertz CT molecular complexity index is 1890. The van der Waals surface area contributed by atoms with Crippen molar-refractivity contribution in [3.63, 3.8) is 0 Å². The van der Waals surface area contributed by atoms with E-state index in [0.29, 0.717) is 35.0 Å². The molecule has 2 atom stereocenters. The summed E-state index contributed by atoms with van der Waals surface area (Å²) >= 11 is 0. The van der Waals surface area contributed by atoms with Crippen molar-refractivity contribution in [2.24, 2.45) is 26.7 Å². The number of aliphatic imine (C=N–C) groups is 2. The van der Waals surface area contributed by atoms with Crippen molar-refractivity contribution < 1.29 is 14.6 Å². The van der Waals surface area contributed by atoms with Crippen LogP contribution >= 0.6 is 0 Å². The molecular weight excluding hydrogens is 570 g/mol. The molecule has 0 bridgehead atoms. The Hall–Kier alpha value is -5.00. The second kappa shape index (κ2) is 12.2. The van der Waals surface area contributed by atoms with E-state index < -0.39 is 12.1 Å². The van der Waals surface area contributed by atoms with Crippen molar-refractivity contribution in [2.75, 3.05) is 39.5 Å². The Balaban J connectivity index is 1.30. The minimum Gasteiger partial charge on any atom is -0.508 e. The lowest BCUT2D eigenvalue weighted by atomic mass is 9.93. The Labute approximate surface area is 260 Å². The van der Waals surface area contributed by atoms with Gasteiger partial charge >= 0.3 is 0 Å². The lowest BCUT2D eigenvalue weighted by Crippen LogP contribution is -2.42. The normalized spacial score (nSPS) is 19.8. The van der Waals surface area contributed by atoms with Crippen molar-refractivity contribution in [2.45, 2.75) is 19.6 Å². The molecule has 4 heterocycles. The number of nitrogens with two attached hydrogens (primary N) is 1. The van der Waals surface area contributed by atoms with E-state index in [1.54, 1.807) is 22.8 Å². The number of phenolic OH excluding ortho intramolecular Hbond substituents is 1. The largest absolute Gasteiger partial charge is 0.508 e. The summed E-state index contributed by atoms with van der Waals surface area (Å²) in [7, 11) is 0. The smallest absolute Gasteiger partial charge is 0.263 e. The fraction of sp³-hybridized carbons (Fsp3) is 0.294. The summed E-state index contributed by atoms with van der Waals surface area (Å²) in [5, 5.41) is 18.5. The summed E-state index contributed by atoms with van der Waals surface area (Å²) in [5.74, 6) is 0.738. The number of aromatic hydroxyl groups is 1. The number of phenols is 1. The molecular formula is C34H35N7O4. The van der Waals surface area contributed by atoms with Crippen LogP contribution in [0.2, 0.25) is 0 Å². The molecule has 0 spiro atoms. The predicted molar refractivity (Wildman–Crippen MR) is 175 cm³/mol.